The average Bonchev–Trinajstić information content (AvgIpc) is 2.81. The fraction of sp³-hybridized carbons (Fsp3) is 0.320. The molecule has 6 nitrogen and oxygen atoms in total. The number of nitrogens with one attached hydrogen (secondary N) is 1. The number of nitrogens with zero attached hydrogens (tertiary/aromatic N) is 4. The van der Waals surface area contributed by atoms with Gasteiger partial charge in [0.1, 0.15) is 11.6 Å². The van der Waals surface area contributed by atoms with E-state index in [9.17, 15) is 9.18 Å². The van der Waals surface area contributed by atoms with E-state index in [-0.39, 0.29) is 17.5 Å². The molecule has 1 saturated heterocycles. The predicted octanol–water partition coefficient (Wildman–Crippen LogP) is 4.60. The molecule has 4 rings (SSSR count). The maximum Gasteiger partial charge on any atom is 0.234 e. The molecule has 0 radical (unpaired) electrons. The zero-order valence-electron chi connectivity index (χ0n) is 19.1. The third-order valence-corrected chi connectivity index (χ3v) is 6.55. The molecule has 3 aromatic rings. The van der Waals surface area contributed by atoms with Crippen molar-refractivity contribution in [2.24, 2.45) is 0 Å². The Balaban J connectivity index is 1.32. The Kier molecular flexibility index (Phi) is 7.13. The summed E-state index contributed by atoms with van der Waals surface area (Å²) in [5, 5.41) is 3.61. The number of amides is 1. The molecular formula is C25H28FN5OS. The van der Waals surface area contributed by atoms with Gasteiger partial charge in [0.05, 0.1) is 5.75 Å². The molecule has 1 aromatic heterocycles. The lowest BCUT2D eigenvalue weighted by atomic mass is 10.1. The quantitative estimate of drug-likeness (QED) is 0.424. The zero-order chi connectivity index (χ0) is 23.4. The monoisotopic (exact) mass is 465 g/mol. The van der Waals surface area contributed by atoms with Crippen LogP contribution in [0.4, 0.5) is 21.6 Å². The first kappa shape index (κ1) is 23.0. The van der Waals surface area contributed by atoms with Crippen molar-refractivity contribution in [2.75, 3.05) is 47.0 Å². The van der Waals surface area contributed by atoms with Gasteiger partial charge in [-0.15, -0.1) is 0 Å². The van der Waals surface area contributed by atoms with Gasteiger partial charge >= 0.3 is 0 Å². The molecule has 0 bridgehead atoms. The topological polar surface area (TPSA) is 61.4 Å². The zero-order valence-corrected chi connectivity index (χ0v) is 20.0. The summed E-state index contributed by atoms with van der Waals surface area (Å²) >= 11 is 1.33. The van der Waals surface area contributed by atoms with Gasteiger partial charge in [-0.25, -0.2) is 14.4 Å². The molecule has 33 heavy (non-hydrogen) atoms. The van der Waals surface area contributed by atoms with Crippen LogP contribution in [-0.4, -0.2) is 47.8 Å². The lowest BCUT2D eigenvalue weighted by molar-refractivity contribution is -0.113. The Morgan fingerprint density at radius 2 is 1.64 bits per heavy atom. The molecule has 0 spiro atoms. The molecule has 1 aliphatic rings. The summed E-state index contributed by atoms with van der Waals surface area (Å²) in [6.07, 6.45) is 1.74. The molecule has 2 aromatic carbocycles. The maximum atomic E-state index is 13.2. The van der Waals surface area contributed by atoms with Crippen LogP contribution in [0.5, 0.6) is 0 Å². The summed E-state index contributed by atoms with van der Waals surface area (Å²) in [4.78, 5) is 26.0. The van der Waals surface area contributed by atoms with Crippen LogP contribution in [0.1, 0.15) is 16.7 Å². The number of carbonyl (C=O) groups excluding carboxylic acids is 1. The summed E-state index contributed by atoms with van der Waals surface area (Å²) in [6, 6.07) is 12.7. The average molecular weight is 466 g/mol. The number of hydrogen-bond acceptors (Lipinski definition) is 6. The van der Waals surface area contributed by atoms with Gasteiger partial charge in [-0.2, -0.15) is 0 Å². The van der Waals surface area contributed by atoms with E-state index in [1.165, 1.54) is 29.5 Å². The first-order chi connectivity index (χ1) is 15.9. The molecule has 0 unspecified atom stereocenters. The number of rotatable bonds is 6. The first-order valence-electron chi connectivity index (χ1n) is 11.0. The number of thioether (sulfide) groups is 1. The number of halogens is 1. The molecule has 0 aliphatic carbocycles. The molecule has 1 aliphatic heterocycles. The van der Waals surface area contributed by atoms with Gasteiger partial charge in [0.15, 0.2) is 5.16 Å². The van der Waals surface area contributed by atoms with E-state index < -0.39 is 0 Å². The van der Waals surface area contributed by atoms with Gasteiger partial charge in [0.25, 0.3) is 0 Å². The highest BCUT2D eigenvalue weighted by molar-refractivity contribution is 7.99. The highest BCUT2D eigenvalue weighted by Crippen LogP contribution is 2.24. The third-order valence-electron chi connectivity index (χ3n) is 5.69. The van der Waals surface area contributed by atoms with E-state index >= 15 is 0 Å². The summed E-state index contributed by atoms with van der Waals surface area (Å²) in [5.41, 5.74) is 5.20. The molecule has 172 valence electrons. The van der Waals surface area contributed by atoms with Crippen LogP contribution >= 0.6 is 11.8 Å². The summed E-state index contributed by atoms with van der Waals surface area (Å²) in [6.45, 7) is 9.34. The minimum absolute atomic E-state index is 0.0723. The minimum Gasteiger partial charge on any atom is -0.368 e. The van der Waals surface area contributed by atoms with Gasteiger partial charge in [-0.1, -0.05) is 29.5 Å². The number of benzene rings is 2. The Bertz CT molecular complexity index is 1110. The van der Waals surface area contributed by atoms with Crippen LogP contribution in [0.25, 0.3) is 0 Å². The van der Waals surface area contributed by atoms with Gasteiger partial charge in [0, 0.05) is 43.8 Å². The number of piperazine rings is 1. The van der Waals surface area contributed by atoms with Crippen LogP contribution in [0.2, 0.25) is 0 Å². The molecule has 2 heterocycles. The normalized spacial score (nSPS) is 13.8. The molecular weight excluding hydrogens is 437 g/mol. The van der Waals surface area contributed by atoms with E-state index in [4.69, 9.17) is 0 Å². The summed E-state index contributed by atoms with van der Waals surface area (Å²) in [5.74, 6) is 0.809. The van der Waals surface area contributed by atoms with Gasteiger partial charge in [0.2, 0.25) is 5.91 Å². The Morgan fingerprint density at radius 1 is 1.00 bits per heavy atom. The molecule has 0 saturated carbocycles. The molecule has 0 atom stereocenters. The number of anilines is 3. The second-order valence-electron chi connectivity index (χ2n) is 8.26. The van der Waals surface area contributed by atoms with E-state index in [0.717, 1.165) is 54.5 Å². The van der Waals surface area contributed by atoms with E-state index in [1.807, 2.05) is 32.0 Å². The van der Waals surface area contributed by atoms with Crippen molar-refractivity contribution in [3.8, 4) is 0 Å². The van der Waals surface area contributed by atoms with Crippen LogP contribution < -0.4 is 15.1 Å². The third kappa shape index (κ3) is 5.82. The van der Waals surface area contributed by atoms with E-state index in [0.29, 0.717) is 5.16 Å². The Labute approximate surface area is 198 Å². The molecule has 1 N–H and O–H groups in total. The van der Waals surface area contributed by atoms with Crippen molar-refractivity contribution in [1.82, 2.24) is 9.97 Å². The second-order valence-corrected chi connectivity index (χ2v) is 9.20. The van der Waals surface area contributed by atoms with E-state index in [1.54, 1.807) is 6.20 Å². The van der Waals surface area contributed by atoms with Gasteiger partial charge in [-0.05, 0) is 62.2 Å². The summed E-state index contributed by atoms with van der Waals surface area (Å²) < 4.78 is 13.2. The SMILES string of the molecule is Cc1cc(C)c(NC(=O)CSc2nccc(N3CCN(c4ccc(F)cc4)CC3)n2)c(C)c1. The lowest BCUT2D eigenvalue weighted by Gasteiger charge is -2.36. The Hall–Kier alpha value is -3.13. The van der Waals surface area contributed by atoms with Crippen molar-refractivity contribution in [2.45, 2.75) is 25.9 Å². The number of aromatic nitrogens is 2. The predicted molar refractivity (Wildman–Crippen MR) is 133 cm³/mol. The highest BCUT2D eigenvalue weighted by atomic mass is 32.2. The number of aryl methyl sites for hydroxylation is 3. The highest BCUT2D eigenvalue weighted by Gasteiger charge is 2.19. The fourth-order valence-corrected chi connectivity index (χ4v) is 4.73. The van der Waals surface area contributed by atoms with Crippen molar-refractivity contribution in [3.63, 3.8) is 0 Å². The van der Waals surface area contributed by atoms with E-state index in [2.05, 4.69) is 44.1 Å². The Morgan fingerprint density at radius 3 is 2.30 bits per heavy atom. The van der Waals surface area contributed by atoms with Crippen LogP contribution in [0.15, 0.2) is 53.8 Å². The van der Waals surface area contributed by atoms with Crippen molar-refractivity contribution < 1.29 is 9.18 Å². The number of hydrogen-bond donors (Lipinski definition) is 1. The fourth-order valence-electron chi connectivity index (χ4n) is 4.11. The van der Waals surface area contributed by atoms with Crippen LogP contribution in [0, 0.1) is 26.6 Å². The summed E-state index contributed by atoms with van der Waals surface area (Å²) in [7, 11) is 0. The lowest BCUT2D eigenvalue weighted by Crippen LogP contribution is -2.46. The van der Waals surface area contributed by atoms with Crippen molar-refractivity contribution in [3.05, 3.63) is 71.2 Å². The van der Waals surface area contributed by atoms with Crippen molar-refractivity contribution in [1.29, 1.82) is 0 Å². The number of carbonyl (C=O) groups is 1. The smallest absolute Gasteiger partial charge is 0.234 e. The standard InChI is InChI=1S/C25H28FN5OS/c1-17-14-18(2)24(19(3)15-17)29-23(32)16-33-25-27-9-8-22(28-25)31-12-10-30(11-13-31)21-6-4-20(26)5-7-21/h4-9,14-15H,10-13,16H2,1-3H3,(H,29,32). The second kappa shape index (κ2) is 10.2. The molecule has 8 heteroatoms. The maximum absolute atomic E-state index is 13.2. The molecule has 1 fully saturated rings. The van der Waals surface area contributed by atoms with Gasteiger partial charge in [-0.3, -0.25) is 4.79 Å². The van der Waals surface area contributed by atoms with Crippen LogP contribution in [-0.2, 0) is 4.79 Å². The van der Waals surface area contributed by atoms with Crippen molar-refractivity contribution >= 4 is 34.9 Å². The molecule has 1 amide bonds. The minimum atomic E-state index is -0.221. The van der Waals surface area contributed by atoms with Gasteiger partial charge < -0.3 is 15.1 Å². The van der Waals surface area contributed by atoms with Crippen LogP contribution in [0.3, 0.4) is 0 Å². The first-order valence-corrected chi connectivity index (χ1v) is 12.0. The largest absolute Gasteiger partial charge is 0.368 e.